The Kier molecular flexibility index (Phi) is 10.0. The Labute approximate surface area is 359 Å². The van der Waals surface area contributed by atoms with E-state index in [1.165, 1.54) is 0 Å². The lowest BCUT2D eigenvalue weighted by atomic mass is 9.86. The molecule has 10 rings (SSSR count). The fraction of sp³-hybridized carbons (Fsp3) is 0.396. The van der Waals surface area contributed by atoms with Gasteiger partial charge in [-0.1, -0.05) is 0 Å². The van der Waals surface area contributed by atoms with Crippen LogP contribution in [0, 0.1) is 0 Å². The van der Waals surface area contributed by atoms with Gasteiger partial charge in [0.25, 0.3) is 0 Å². The fourth-order valence-corrected chi connectivity index (χ4v) is 9.18. The highest BCUT2D eigenvalue weighted by Crippen LogP contribution is 2.55. The van der Waals surface area contributed by atoms with Gasteiger partial charge in [0, 0.05) is 40.8 Å². The summed E-state index contributed by atoms with van der Waals surface area (Å²) in [4.78, 5) is 13.0. The second-order valence-electron chi connectivity index (χ2n) is 16.8. The molecule has 0 bridgehead atoms. The minimum atomic E-state index is -0.700. The van der Waals surface area contributed by atoms with Crippen LogP contribution in [0.2, 0.25) is 0 Å². The topological polar surface area (TPSA) is 148 Å². The monoisotopic (exact) mass is 850 g/mol. The zero-order valence-corrected chi connectivity index (χ0v) is 36.4. The summed E-state index contributed by atoms with van der Waals surface area (Å²) < 4.78 is 70.5. The number of aliphatic hydroxyl groups is 1. The zero-order valence-electron chi connectivity index (χ0n) is 36.4. The number of aliphatic hydroxyl groups excluding tert-OH is 1. The SMILES string of the molecule is COC1=C2c3cc(OC)c(OC)cc3OC[C@H]2Oc2c1ccc1c2C(=O)CC(C)(C)O1.COC1=C2c3cc(OC)c(OC)cc3OC[C@H]2Oc2c1ccc1c2C(O)CC(C)(C)O1. The lowest BCUT2D eigenvalue weighted by molar-refractivity contribution is 0.00848. The molecule has 0 radical (unpaired) electrons. The summed E-state index contributed by atoms with van der Waals surface area (Å²) in [7, 11) is 9.61. The average Bonchev–Trinajstić information content (AvgIpc) is 3.25. The fourth-order valence-electron chi connectivity index (χ4n) is 9.18. The highest BCUT2D eigenvalue weighted by Gasteiger charge is 2.44. The number of benzene rings is 4. The predicted octanol–water partition coefficient (Wildman–Crippen LogP) is 8.08. The van der Waals surface area contributed by atoms with E-state index in [1.54, 1.807) is 48.7 Å². The number of fused-ring (bicyclic) bond motifs is 12. The lowest BCUT2D eigenvalue weighted by Crippen LogP contribution is -2.38. The smallest absolute Gasteiger partial charge is 0.174 e. The largest absolute Gasteiger partial charge is 0.496 e. The zero-order chi connectivity index (χ0) is 43.8. The van der Waals surface area contributed by atoms with E-state index in [-0.39, 0.29) is 18.8 Å². The van der Waals surface area contributed by atoms with Gasteiger partial charge in [-0.2, -0.15) is 0 Å². The number of hydrogen-bond acceptors (Lipinski definition) is 14. The molecule has 4 aromatic carbocycles. The van der Waals surface area contributed by atoms with Gasteiger partial charge in [-0.25, -0.2) is 0 Å². The Morgan fingerprint density at radius 1 is 0.565 bits per heavy atom. The number of hydrogen-bond donors (Lipinski definition) is 1. The van der Waals surface area contributed by atoms with E-state index < -0.39 is 29.5 Å². The number of ketones is 1. The van der Waals surface area contributed by atoms with Crippen LogP contribution in [0.25, 0.3) is 22.7 Å². The molecular weight excluding hydrogens is 801 g/mol. The van der Waals surface area contributed by atoms with Crippen LogP contribution in [0.4, 0.5) is 0 Å². The van der Waals surface area contributed by atoms with Crippen molar-refractivity contribution in [3.05, 3.63) is 81.9 Å². The first-order valence-electron chi connectivity index (χ1n) is 20.4. The molecule has 6 aliphatic rings. The van der Waals surface area contributed by atoms with Crippen molar-refractivity contribution in [3.8, 4) is 57.5 Å². The van der Waals surface area contributed by atoms with Crippen LogP contribution < -0.4 is 47.4 Å². The van der Waals surface area contributed by atoms with Crippen LogP contribution in [0.3, 0.4) is 0 Å². The number of carbonyl (C=O) groups excluding carboxylic acids is 1. The third-order valence-corrected chi connectivity index (χ3v) is 11.8. The maximum Gasteiger partial charge on any atom is 0.174 e. The van der Waals surface area contributed by atoms with E-state index in [1.807, 2.05) is 70.2 Å². The molecule has 6 aliphatic heterocycles. The van der Waals surface area contributed by atoms with Gasteiger partial charge in [-0.3, -0.25) is 4.79 Å². The van der Waals surface area contributed by atoms with E-state index in [2.05, 4.69) is 0 Å². The molecule has 14 heteroatoms. The molecule has 0 aliphatic carbocycles. The molecule has 0 spiro atoms. The van der Waals surface area contributed by atoms with Gasteiger partial charge < -0.3 is 61.9 Å². The van der Waals surface area contributed by atoms with Gasteiger partial charge in [0.05, 0.1) is 71.9 Å². The molecule has 14 nitrogen and oxygen atoms in total. The van der Waals surface area contributed by atoms with Gasteiger partial charge in [0.15, 0.2) is 41.0 Å². The summed E-state index contributed by atoms with van der Waals surface area (Å²) >= 11 is 0. The van der Waals surface area contributed by atoms with Gasteiger partial charge in [0.1, 0.15) is 76.0 Å². The van der Waals surface area contributed by atoms with Gasteiger partial charge >= 0.3 is 0 Å². The van der Waals surface area contributed by atoms with Crippen molar-refractivity contribution in [3.63, 3.8) is 0 Å². The Morgan fingerprint density at radius 3 is 1.55 bits per heavy atom. The van der Waals surface area contributed by atoms with Crippen LogP contribution in [-0.2, 0) is 9.47 Å². The van der Waals surface area contributed by atoms with Crippen LogP contribution in [0.15, 0.2) is 48.5 Å². The summed E-state index contributed by atoms with van der Waals surface area (Å²) in [6, 6.07) is 14.8. The van der Waals surface area contributed by atoms with Crippen molar-refractivity contribution >= 4 is 28.4 Å². The van der Waals surface area contributed by atoms with Crippen molar-refractivity contribution in [2.45, 2.75) is 70.1 Å². The normalized spacial score (nSPS) is 21.3. The number of methoxy groups -OCH3 is 6. The quantitative estimate of drug-likeness (QED) is 0.199. The average molecular weight is 851 g/mol. The maximum atomic E-state index is 13.0. The summed E-state index contributed by atoms with van der Waals surface area (Å²) in [5.41, 5.74) is 4.95. The van der Waals surface area contributed by atoms with Crippen LogP contribution in [0.1, 0.15) is 84.8 Å². The third kappa shape index (κ3) is 6.62. The molecule has 0 saturated heterocycles. The predicted molar refractivity (Wildman–Crippen MR) is 227 cm³/mol. The molecule has 0 fully saturated rings. The molecule has 326 valence electrons. The number of rotatable bonds is 6. The van der Waals surface area contributed by atoms with E-state index in [0.29, 0.717) is 98.7 Å². The lowest BCUT2D eigenvalue weighted by Gasteiger charge is -2.40. The first-order valence-corrected chi connectivity index (χ1v) is 20.4. The van der Waals surface area contributed by atoms with E-state index >= 15 is 0 Å². The minimum Gasteiger partial charge on any atom is -0.496 e. The number of ether oxygens (including phenoxy) is 12. The first kappa shape index (κ1) is 41.0. The standard InChI is InChI=1S/C24H26O7.C24H24O7/c2*1-24(2)10-14(25)21-15(31-24)7-6-12-22(28-5)20-13-8-17(26-3)18(27-4)9-16(13)29-11-19(20)30-23(12)21/h6-9,14,19,25H,10-11H2,1-5H3;6-9,19H,10-11H2,1-5H3/t14?,19-;19-/m11/s1. The molecule has 6 heterocycles. The molecule has 3 atom stereocenters. The van der Waals surface area contributed by atoms with Crippen molar-refractivity contribution in [1.82, 2.24) is 0 Å². The molecule has 62 heavy (non-hydrogen) atoms. The Balaban J connectivity index is 0.000000158. The highest BCUT2D eigenvalue weighted by molar-refractivity contribution is 6.06. The molecule has 4 aromatic rings. The second-order valence-corrected chi connectivity index (χ2v) is 16.8. The second kappa shape index (κ2) is 15.2. The molecule has 1 unspecified atom stereocenters. The summed E-state index contributed by atoms with van der Waals surface area (Å²) in [5, 5.41) is 10.9. The Bertz CT molecular complexity index is 2570. The van der Waals surface area contributed by atoms with Crippen molar-refractivity contribution in [1.29, 1.82) is 0 Å². The highest BCUT2D eigenvalue weighted by atomic mass is 16.6. The Morgan fingerprint density at radius 2 is 1.03 bits per heavy atom. The van der Waals surface area contributed by atoms with Crippen molar-refractivity contribution in [2.24, 2.45) is 0 Å². The third-order valence-electron chi connectivity index (χ3n) is 11.8. The maximum absolute atomic E-state index is 13.0. The van der Waals surface area contributed by atoms with E-state index in [4.69, 9.17) is 56.8 Å². The van der Waals surface area contributed by atoms with Crippen LogP contribution in [0.5, 0.6) is 57.5 Å². The summed E-state index contributed by atoms with van der Waals surface area (Å²) in [6.45, 7) is 8.31. The first-order chi connectivity index (χ1) is 29.7. The Hall–Kier alpha value is -6.41. The molecule has 1 N–H and O–H groups in total. The van der Waals surface area contributed by atoms with Crippen molar-refractivity contribution < 1.29 is 66.7 Å². The van der Waals surface area contributed by atoms with E-state index in [9.17, 15) is 9.90 Å². The molecule has 0 amide bonds. The van der Waals surface area contributed by atoms with Gasteiger partial charge in [-0.05, 0) is 64.1 Å². The van der Waals surface area contributed by atoms with Crippen molar-refractivity contribution in [2.75, 3.05) is 55.9 Å². The van der Waals surface area contributed by atoms with Gasteiger partial charge in [-0.15, -0.1) is 0 Å². The van der Waals surface area contributed by atoms with E-state index in [0.717, 1.165) is 27.8 Å². The summed E-state index contributed by atoms with van der Waals surface area (Å²) in [5.74, 6) is 7.22. The van der Waals surface area contributed by atoms with Gasteiger partial charge in [0.2, 0.25) is 0 Å². The van der Waals surface area contributed by atoms with Crippen LogP contribution >= 0.6 is 0 Å². The number of Topliss-reactive ketones (excluding diaryl/α,β-unsaturated/α-hetero) is 1. The molecular formula is C48H50O14. The molecule has 0 saturated carbocycles. The van der Waals surface area contributed by atoms with Crippen LogP contribution in [-0.4, -0.2) is 90.2 Å². The summed E-state index contributed by atoms with van der Waals surface area (Å²) in [6.07, 6.45) is -0.794. The number of carbonyl (C=O) groups is 1. The molecule has 0 aromatic heterocycles. The minimum absolute atomic E-state index is 0.00876.